The number of nitrogens with zero attached hydrogens (tertiary/aromatic N) is 2. The first-order valence-electron chi connectivity index (χ1n) is 6.15. The fourth-order valence-corrected chi connectivity index (χ4v) is 2.22. The Bertz CT molecular complexity index is 291. The number of rotatable bonds is 6. The third-order valence-corrected chi connectivity index (χ3v) is 3.11. The second-order valence-electron chi connectivity index (χ2n) is 5.12. The summed E-state index contributed by atoms with van der Waals surface area (Å²) in [7, 11) is 1.83. The second kappa shape index (κ2) is 5.89. The summed E-state index contributed by atoms with van der Waals surface area (Å²) in [5.41, 5.74) is 0. The Morgan fingerprint density at radius 1 is 1.53 bits per heavy atom. The third kappa shape index (κ3) is 3.91. The van der Waals surface area contributed by atoms with Crippen molar-refractivity contribution in [3.63, 3.8) is 0 Å². The van der Waals surface area contributed by atoms with E-state index in [0.29, 0.717) is 18.9 Å². The van der Waals surface area contributed by atoms with Gasteiger partial charge in [0.05, 0.1) is 6.04 Å². The van der Waals surface area contributed by atoms with Crippen molar-refractivity contribution in [2.75, 3.05) is 20.1 Å². The van der Waals surface area contributed by atoms with Gasteiger partial charge in [0.1, 0.15) is 0 Å². The molecule has 5 nitrogen and oxygen atoms in total. The van der Waals surface area contributed by atoms with Crippen LogP contribution in [0.3, 0.4) is 0 Å². The van der Waals surface area contributed by atoms with Gasteiger partial charge in [-0.25, -0.2) is 4.79 Å². The molecule has 0 aromatic rings. The van der Waals surface area contributed by atoms with Gasteiger partial charge in [0.25, 0.3) is 0 Å². The van der Waals surface area contributed by atoms with Crippen LogP contribution in [0.4, 0.5) is 4.79 Å². The van der Waals surface area contributed by atoms with Gasteiger partial charge in [-0.15, -0.1) is 0 Å². The molecule has 5 heteroatoms. The highest BCUT2D eigenvalue weighted by atomic mass is 16.4. The molecule has 1 aliphatic rings. The zero-order valence-corrected chi connectivity index (χ0v) is 10.8. The summed E-state index contributed by atoms with van der Waals surface area (Å²) >= 11 is 0. The number of aliphatic carboxylic acids is 1. The number of amides is 2. The summed E-state index contributed by atoms with van der Waals surface area (Å²) in [4.78, 5) is 25.8. The van der Waals surface area contributed by atoms with Gasteiger partial charge >= 0.3 is 12.0 Å². The maximum absolute atomic E-state index is 11.9. The Morgan fingerprint density at radius 2 is 2.18 bits per heavy atom. The molecule has 0 aliphatic carbocycles. The molecule has 0 radical (unpaired) electrons. The minimum absolute atomic E-state index is 0.0287. The van der Waals surface area contributed by atoms with Crippen molar-refractivity contribution >= 4 is 12.0 Å². The molecular formula is C12H22N2O3. The van der Waals surface area contributed by atoms with Crippen LogP contribution in [-0.2, 0) is 4.79 Å². The van der Waals surface area contributed by atoms with Crippen LogP contribution >= 0.6 is 0 Å². The van der Waals surface area contributed by atoms with E-state index in [2.05, 4.69) is 13.8 Å². The van der Waals surface area contributed by atoms with E-state index in [4.69, 9.17) is 5.11 Å². The van der Waals surface area contributed by atoms with Crippen LogP contribution in [0.5, 0.6) is 0 Å². The number of carbonyl (C=O) groups excluding carboxylic acids is 1. The molecule has 0 aromatic heterocycles. The molecule has 1 aliphatic heterocycles. The van der Waals surface area contributed by atoms with Gasteiger partial charge in [0.2, 0.25) is 0 Å². The summed E-state index contributed by atoms with van der Waals surface area (Å²) in [5.74, 6) is -0.238. The molecule has 1 rings (SSSR count). The normalized spacial score (nSPS) is 20.5. The average molecular weight is 242 g/mol. The zero-order valence-electron chi connectivity index (χ0n) is 10.8. The summed E-state index contributed by atoms with van der Waals surface area (Å²) in [6.45, 7) is 5.56. The van der Waals surface area contributed by atoms with Crippen LogP contribution in [0.1, 0.15) is 33.1 Å². The van der Waals surface area contributed by atoms with Gasteiger partial charge in [0.15, 0.2) is 0 Å². The Balaban J connectivity index is 2.42. The summed E-state index contributed by atoms with van der Waals surface area (Å²) in [6, 6.07) is 0.299. The Kier molecular flexibility index (Phi) is 4.78. The van der Waals surface area contributed by atoms with Gasteiger partial charge in [0, 0.05) is 26.6 Å². The Hall–Kier alpha value is -1.26. The lowest BCUT2D eigenvalue weighted by atomic mass is 10.0. The summed E-state index contributed by atoms with van der Waals surface area (Å²) in [6.07, 6.45) is 1.66. The summed E-state index contributed by atoms with van der Waals surface area (Å²) < 4.78 is 0. The van der Waals surface area contributed by atoms with E-state index in [1.54, 1.807) is 9.80 Å². The lowest BCUT2D eigenvalue weighted by molar-refractivity contribution is -0.137. The van der Waals surface area contributed by atoms with Gasteiger partial charge in [-0.2, -0.15) is 0 Å². The predicted octanol–water partition coefficient (Wildman–Crippen LogP) is 1.63. The fourth-order valence-electron chi connectivity index (χ4n) is 2.22. The van der Waals surface area contributed by atoms with Crippen LogP contribution in [-0.4, -0.2) is 53.1 Å². The van der Waals surface area contributed by atoms with E-state index in [-0.39, 0.29) is 18.5 Å². The van der Waals surface area contributed by atoms with Crippen LogP contribution in [0, 0.1) is 5.92 Å². The van der Waals surface area contributed by atoms with E-state index in [9.17, 15) is 9.59 Å². The fraction of sp³-hybridized carbons (Fsp3) is 0.833. The standard InChI is InChI=1S/C12H22N2O3/c1-9(2)7-10-8-14(12(17)13(10)3)6-4-5-11(15)16/h9-10H,4-8H2,1-3H3,(H,15,16). The molecular weight excluding hydrogens is 220 g/mol. The van der Waals surface area contributed by atoms with E-state index < -0.39 is 5.97 Å². The largest absolute Gasteiger partial charge is 0.481 e. The second-order valence-corrected chi connectivity index (χ2v) is 5.12. The number of hydrogen-bond acceptors (Lipinski definition) is 2. The molecule has 1 N–H and O–H groups in total. The van der Waals surface area contributed by atoms with Crippen LogP contribution in [0.15, 0.2) is 0 Å². The van der Waals surface area contributed by atoms with Gasteiger partial charge in [-0.05, 0) is 18.8 Å². The number of hydrogen-bond donors (Lipinski definition) is 1. The molecule has 2 amide bonds. The molecule has 1 saturated heterocycles. The molecule has 98 valence electrons. The highest BCUT2D eigenvalue weighted by molar-refractivity contribution is 5.77. The van der Waals surface area contributed by atoms with Gasteiger partial charge in [-0.1, -0.05) is 13.8 Å². The van der Waals surface area contributed by atoms with Gasteiger partial charge < -0.3 is 14.9 Å². The molecule has 1 heterocycles. The number of carboxylic acid groups (broad SMARTS) is 1. The Labute approximate surface area is 102 Å². The van der Waals surface area contributed by atoms with Crippen molar-refractivity contribution in [3.05, 3.63) is 0 Å². The van der Waals surface area contributed by atoms with Crippen molar-refractivity contribution in [2.45, 2.75) is 39.2 Å². The monoisotopic (exact) mass is 242 g/mol. The number of likely N-dealkylation sites (N-methyl/N-ethyl adjacent to an activating group) is 1. The van der Waals surface area contributed by atoms with E-state index in [0.717, 1.165) is 13.0 Å². The molecule has 0 bridgehead atoms. The van der Waals surface area contributed by atoms with E-state index >= 15 is 0 Å². The minimum Gasteiger partial charge on any atom is -0.481 e. The van der Waals surface area contributed by atoms with Crippen molar-refractivity contribution in [1.29, 1.82) is 0 Å². The molecule has 0 spiro atoms. The molecule has 1 unspecified atom stereocenters. The quantitative estimate of drug-likeness (QED) is 0.770. The van der Waals surface area contributed by atoms with Gasteiger partial charge in [-0.3, -0.25) is 4.79 Å². The minimum atomic E-state index is -0.802. The van der Waals surface area contributed by atoms with Crippen LogP contribution < -0.4 is 0 Å². The van der Waals surface area contributed by atoms with E-state index in [1.807, 2.05) is 7.05 Å². The maximum atomic E-state index is 11.9. The van der Waals surface area contributed by atoms with Crippen molar-refractivity contribution in [2.24, 2.45) is 5.92 Å². The number of carboxylic acids is 1. The lowest BCUT2D eigenvalue weighted by Gasteiger charge is -2.19. The number of carbonyl (C=O) groups is 2. The molecule has 1 atom stereocenters. The van der Waals surface area contributed by atoms with Crippen LogP contribution in [0.25, 0.3) is 0 Å². The number of urea groups is 1. The average Bonchev–Trinajstić information content (AvgIpc) is 2.45. The smallest absolute Gasteiger partial charge is 0.320 e. The lowest BCUT2D eigenvalue weighted by Crippen LogP contribution is -2.32. The molecule has 17 heavy (non-hydrogen) atoms. The SMILES string of the molecule is CC(C)CC1CN(CCCC(=O)O)C(=O)N1C. The molecule has 0 saturated carbocycles. The maximum Gasteiger partial charge on any atom is 0.320 e. The third-order valence-electron chi connectivity index (χ3n) is 3.11. The first-order chi connectivity index (χ1) is 7.91. The highest BCUT2D eigenvalue weighted by Crippen LogP contribution is 2.20. The van der Waals surface area contributed by atoms with Crippen LogP contribution in [0.2, 0.25) is 0 Å². The van der Waals surface area contributed by atoms with E-state index in [1.165, 1.54) is 0 Å². The summed E-state index contributed by atoms with van der Waals surface area (Å²) in [5, 5.41) is 8.56. The van der Waals surface area contributed by atoms with Crippen molar-refractivity contribution in [3.8, 4) is 0 Å². The van der Waals surface area contributed by atoms with Crippen molar-refractivity contribution < 1.29 is 14.7 Å². The predicted molar refractivity (Wildman–Crippen MR) is 64.8 cm³/mol. The Morgan fingerprint density at radius 3 is 2.71 bits per heavy atom. The zero-order chi connectivity index (χ0) is 13.0. The molecule has 1 fully saturated rings. The van der Waals surface area contributed by atoms with Crippen molar-refractivity contribution in [1.82, 2.24) is 9.80 Å². The first kappa shape index (κ1) is 13.8. The topological polar surface area (TPSA) is 60.9 Å². The molecule has 0 aromatic carbocycles. The first-order valence-corrected chi connectivity index (χ1v) is 6.15. The highest BCUT2D eigenvalue weighted by Gasteiger charge is 2.34.